The van der Waals surface area contributed by atoms with Crippen molar-refractivity contribution in [2.75, 3.05) is 0 Å². The lowest BCUT2D eigenvalue weighted by molar-refractivity contribution is -0.136. The van der Waals surface area contributed by atoms with Crippen LogP contribution in [0.25, 0.3) is 11.5 Å². The summed E-state index contributed by atoms with van der Waals surface area (Å²) < 4.78 is 18.4. The van der Waals surface area contributed by atoms with Gasteiger partial charge in [0, 0.05) is 16.6 Å². The van der Waals surface area contributed by atoms with Gasteiger partial charge in [-0.25, -0.2) is 9.37 Å². The molecule has 0 bridgehead atoms. The highest BCUT2D eigenvalue weighted by atomic mass is 32.2. The van der Waals surface area contributed by atoms with Crippen LogP contribution in [0.1, 0.15) is 19.0 Å². The monoisotopic (exact) mass is 295 g/mol. The van der Waals surface area contributed by atoms with E-state index < -0.39 is 5.97 Å². The second kappa shape index (κ2) is 6.56. The quantitative estimate of drug-likeness (QED) is 0.882. The summed E-state index contributed by atoms with van der Waals surface area (Å²) in [5.41, 5.74) is 1.30. The number of carbonyl (C=O) groups is 1. The average molecular weight is 295 g/mol. The van der Waals surface area contributed by atoms with Gasteiger partial charge in [-0.3, -0.25) is 4.79 Å². The molecule has 4 nitrogen and oxygen atoms in total. The topological polar surface area (TPSA) is 63.3 Å². The highest BCUT2D eigenvalue weighted by Gasteiger charge is 2.11. The van der Waals surface area contributed by atoms with Crippen LogP contribution in [0.3, 0.4) is 0 Å². The van der Waals surface area contributed by atoms with Gasteiger partial charge in [0.1, 0.15) is 12.1 Å². The molecule has 0 aliphatic carbocycles. The molecule has 1 aromatic heterocycles. The van der Waals surface area contributed by atoms with E-state index in [4.69, 9.17) is 9.52 Å². The molecule has 106 valence electrons. The molecule has 0 radical (unpaired) electrons. The first-order valence-electron chi connectivity index (χ1n) is 6.08. The highest BCUT2D eigenvalue weighted by molar-refractivity contribution is 7.99. The van der Waals surface area contributed by atoms with E-state index in [0.29, 0.717) is 22.9 Å². The molecular weight excluding hydrogens is 281 g/mol. The van der Waals surface area contributed by atoms with E-state index >= 15 is 0 Å². The summed E-state index contributed by atoms with van der Waals surface area (Å²) in [6.07, 6.45) is 1.62. The third-order valence-electron chi connectivity index (χ3n) is 2.60. The van der Waals surface area contributed by atoms with Gasteiger partial charge in [0.2, 0.25) is 5.89 Å². The van der Waals surface area contributed by atoms with Gasteiger partial charge in [0.15, 0.2) is 0 Å². The van der Waals surface area contributed by atoms with Gasteiger partial charge in [0.25, 0.3) is 0 Å². The van der Waals surface area contributed by atoms with Crippen molar-refractivity contribution in [3.63, 3.8) is 0 Å². The van der Waals surface area contributed by atoms with Crippen molar-refractivity contribution in [2.45, 2.75) is 24.3 Å². The van der Waals surface area contributed by atoms with E-state index in [0.717, 1.165) is 0 Å². The van der Waals surface area contributed by atoms with Crippen molar-refractivity contribution in [2.24, 2.45) is 0 Å². The van der Waals surface area contributed by atoms with E-state index in [-0.39, 0.29) is 17.5 Å². The number of nitrogens with zero attached hydrogens (tertiary/aromatic N) is 1. The molecule has 0 aliphatic heterocycles. The number of aromatic nitrogens is 1. The van der Waals surface area contributed by atoms with Gasteiger partial charge in [-0.2, -0.15) is 11.8 Å². The maximum absolute atomic E-state index is 13.1. The van der Waals surface area contributed by atoms with Crippen molar-refractivity contribution in [3.8, 4) is 11.5 Å². The Morgan fingerprint density at radius 1 is 1.55 bits per heavy atom. The van der Waals surface area contributed by atoms with Gasteiger partial charge in [-0.05, 0) is 18.2 Å². The maximum atomic E-state index is 13.1. The Bertz CT molecular complexity index is 600. The number of aliphatic carboxylic acids is 1. The standard InChI is InChI=1S/C14H14FNO3S/c1-9(5-13(17)18)20-8-12-7-19-14(16-12)10-3-2-4-11(15)6-10/h2-4,6-7,9H,5,8H2,1H3,(H,17,18). The second-order valence-corrected chi connectivity index (χ2v) is 5.80. The smallest absolute Gasteiger partial charge is 0.304 e. The molecule has 2 rings (SSSR count). The first-order chi connectivity index (χ1) is 9.54. The first kappa shape index (κ1) is 14.6. The van der Waals surface area contributed by atoms with Crippen molar-refractivity contribution < 1.29 is 18.7 Å². The zero-order valence-corrected chi connectivity index (χ0v) is 11.7. The minimum atomic E-state index is -0.814. The Kier molecular flexibility index (Phi) is 4.79. The first-order valence-corrected chi connectivity index (χ1v) is 7.13. The maximum Gasteiger partial charge on any atom is 0.304 e. The van der Waals surface area contributed by atoms with E-state index in [1.165, 1.54) is 30.2 Å². The molecule has 0 amide bonds. The van der Waals surface area contributed by atoms with Gasteiger partial charge in [-0.1, -0.05) is 13.0 Å². The number of oxazole rings is 1. The lowest BCUT2D eigenvalue weighted by Crippen LogP contribution is -2.05. The molecule has 1 atom stereocenters. The van der Waals surface area contributed by atoms with Gasteiger partial charge < -0.3 is 9.52 Å². The average Bonchev–Trinajstić information content (AvgIpc) is 2.84. The van der Waals surface area contributed by atoms with E-state index in [1.807, 2.05) is 6.92 Å². The predicted molar refractivity (Wildman–Crippen MR) is 74.9 cm³/mol. The summed E-state index contributed by atoms with van der Waals surface area (Å²) in [5.74, 6) is -0.226. The molecular formula is C14H14FNO3S. The Balaban J connectivity index is 1.97. The van der Waals surface area contributed by atoms with Crippen LogP contribution in [-0.2, 0) is 10.5 Å². The SMILES string of the molecule is CC(CC(=O)O)SCc1coc(-c2cccc(F)c2)n1. The Morgan fingerprint density at radius 2 is 2.35 bits per heavy atom. The van der Waals surface area contributed by atoms with Crippen LogP contribution in [0.4, 0.5) is 4.39 Å². The molecule has 0 fully saturated rings. The van der Waals surface area contributed by atoms with Crippen LogP contribution in [0.2, 0.25) is 0 Å². The van der Waals surface area contributed by atoms with Crippen molar-refractivity contribution in [1.82, 2.24) is 4.98 Å². The van der Waals surface area contributed by atoms with Gasteiger partial charge >= 0.3 is 5.97 Å². The molecule has 0 saturated carbocycles. The van der Waals surface area contributed by atoms with Crippen molar-refractivity contribution >= 4 is 17.7 Å². The molecule has 0 aliphatic rings. The van der Waals surface area contributed by atoms with Crippen molar-refractivity contribution in [3.05, 3.63) is 42.0 Å². The zero-order chi connectivity index (χ0) is 14.5. The number of rotatable bonds is 6. The molecule has 1 aromatic carbocycles. The van der Waals surface area contributed by atoms with Crippen LogP contribution in [0.5, 0.6) is 0 Å². The Morgan fingerprint density at radius 3 is 3.05 bits per heavy atom. The number of halogens is 1. The molecule has 0 saturated heterocycles. The number of hydrogen-bond donors (Lipinski definition) is 1. The molecule has 20 heavy (non-hydrogen) atoms. The number of benzene rings is 1. The van der Waals surface area contributed by atoms with E-state index in [9.17, 15) is 9.18 Å². The minimum absolute atomic E-state index is 0.00168. The predicted octanol–water partition coefficient (Wildman–Crippen LogP) is 3.58. The molecule has 1 unspecified atom stereocenters. The molecule has 2 aromatic rings. The molecule has 1 N–H and O–H groups in total. The normalized spacial score (nSPS) is 12.3. The minimum Gasteiger partial charge on any atom is -0.481 e. The van der Waals surface area contributed by atoms with Gasteiger partial charge in [0.05, 0.1) is 12.1 Å². The van der Waals surface area contributed by atoms with Crippen LogP contribution in [0.15, 0.2) is 34.9 Å². The Hall–Kier alpha value is -1.82. The van der Waals surface area contributed by atoms with Crippen LogP contribution < -0.4 is 0 Å². The third kappa shape index (κ3) is 4.09. The fourth-order valence-corrected chi connectivity index (χ4v) is 2.51. The zero-order valence-electron chi connectivity index (χ0n) is 10.9. The number of hydrogen-bond acceptors (Lipinski definition) is 4. The fourth-order valence-electron chi connectivity index (χ4n) is 1.66. The summed E-state index contributed by atoms with van der Waals surface area (Å²) >= 11 is 1.49. The summed E-state index contributed by atoms with van der Waals surface area (Å²) in [5, 5.41) is 8.68. The van der Waals surface area contributed by atoms with E-state index in [2.05, 4.69) is 4.98 Å². The summed E-state index contributed by atoms with van der Waals surface area (Å²) in [7, 11) is 0. The summed E-state index contributed by atoms with van der Waals surface area (Å²) in [4.78, 5) is 14.8. The largest absolute Gasteiger partial charge is 0.481 e. The molecule has 1 heterocycles. The third-order valence-corrected chi connectivity index (χ3v) is 3.80. The lowest BCUT2D eigenvalue weighted by atomic mass is 10.2. The van der Waals surface area contributed by atoms with Crippen LogP contribution in [0, 0.1) is 5.82 Å². The summed E-state index contributed by atoms with van der Waals surface area (Å²) in [6.45, 7) is 1.85. The lowest BCUT2D eigenvalue weighted by Gasteiger charge is -2.05. The highest BCUT2D eigenvalue weighted by Crippen LogP contribution is 2.23. The van der Waals surface area contributed by atoms with E-state index in [1.54, 1.807) is 12.1 Å². The van der Waals surface area contributed by atoms with Crippen LogP contribution in [-0.4, -0.2) is 21.3 Å². The van der Waals surface area contributed by atoms with Gasteiger partial charge in [-0.15, -0.1) is 0 Å². The number of carboxylic acid groups (broad SMARTS) is 1. The van der Waals surface area contributed by atoms with Crippen molar-refractivity contribution in [1.29, 1.82) is 0 Å². The molecule has 0 spiro atoms. The number of thioether (sulfide) groups is 1. The number of carboxylic acids is 1. The Labute approximate surface area is 120 Å². The molecule has 6 heteroatoms. The summed E-state index contributed by atoms with van der Waals surface area (Å²) in [6, 6.07) is 6.03. The second-order valence-electron chi connectivity index (χ2n) is 4.37. The van der Waals surface area contributed by atoms with Crippen LogP contribution >= 0.6 is 11.8 Å². The fraction of sp³-hybridized carbons (Fsp3) is 0.286.